The van der Waals surface area contributed by atoms with Crippen LogP contribution in [0.5, 0.6) is 0 Å². The zero-order valence-electron chi connectivity index (χ0n) is 11.7. The Hall–Kier alpha value is -1.53. The number of nitrogens with zero attached hydrogens (tertiary/aromatic N) is 3. The molecule has 7 heteroatoms. The van der Waals surface area contributed by atoms with Gasteiger partial charge in [-0.15, -0.1) is 5.10 Å². The Bertz CT molecular complexity index is 648. The van der Waals surface area contributed by atoms with E-state index in [1.807, 2.05) is 20.8 Å². The maximum Gasteiger partial charge on any atom is 0.269 e. The van der Waals surface area contributed by atoms with Crippen LogP contribution < -0.4 is 5.32 Å². The number of anilines is 1. The number of carbonyl (C=O) groups is 1. The second-order valence-corrected chi connectivity index (χ2v) is 6.56. The number of halogens is 1. The van der Waals surface area contributed by atoms with E-state index < -0.39 is 0 Å². The largest absolute Gasteiger partial charge is 0.320 e. The summed E-state index contributed by atoms with van der Waals surface area (Å²) in [6.45, 7) is 7.78. The molecule has 0 atom stereocenters. The van der Waals surface area contributed by atoms with E-state index in [4.69, 9.17) is 11.6 Å². The van der Waals surface area contributed by atoms with E-state index in [2.05, 4.69) is 19.9 Å². The first-order chi connectivity index (χ1) is 9.29. The smallest absolute Gasteiger partial charge is 0.269 e. The van der Waals surface area contributed by atoms with Gasteiger partial charge in [-0.3, -0.25) is 4.79 Å². The molecule has 0 aliphatic carbocycles. The molecule has 2 aromatic heterocycles. The molecule has 0 spiro atoms. The first-order valence-corrected chi connectivity index (χ1v) is 7.21. The molecular weight excluding hydrogens is 296 g/mol. The summed E-state index contributed by atoms with van der Waals surface area (Å²) in [6.07, 6.45) is 0. The van der Waals surface area contributed by atoms with Crippen LogP contribution in [0.1, 0.15) is 41.8 Å². The molecule has 20 heavy (non-hydrogen) atoms. The molecule has 1 N–H and O–H groups in total. The Morgan fingerprint density at radius 3 is 2.65 bits per heavy atom. The minimum atomic E-state index is -0.229. The van der Waals surface area contributed by atoms with Crippen LogP contribution >= 0.6 is 23.1 Å². The monoisotopic (exact) mass is 310 g/mol. The number of aromatic nitrogens is 3. The molecule has 0 fully saturated rings. The Kier molecular flexibility index (Phi) is 4.06. The van der Waals surface area contributed by atoms with Gasteiger partial charge in [0.05, 0.1) is 17.1 Å². The normalized spacial score (nSPS) is 11.4. The number of carbonyl (C=O) groups excluding carboxylic acids is 1. The highest BCUT2D eigenvalue weighted by molar-refractivity contribution is 7.08. The van der Waals surface area contributed by atoms with Gasteiger partial charge in [0.25, 0.3) is 5.91 Å². The maximum atomic E-state index is 12.3. The first-order valence-electron chi connectivity index (χ1n) is 6.06. The van der Waals surface area contributed by atoms with Crippen molar-refractivity contribution in [3.05, 3.63) is 33.6 Å². The number of pyridine rings is 1. The molecule has 0 bridgehead atoms. The number of aryl methyl sites for hydroxylation is 1. The van der Waals surface area contributed by atoms with Crippen molar-refractivity contribution in [2.24, 2.45) is 0 Å². The fourth-order valence-corrected chi connectivity index (χ4v) is 2.63. The van der Waals surface area contributed by atoms with Crippen LogP contribution in [0.2, 0.25) is 5.15 Å². The second kappa shape index (κ2) is 5.46. The molecule has 0 aliphatic heterocycles. The zero-order chi connectivity index (χ0) is 14.9. The van der Waals surface area contributed by atoms with Gasteiger partial charge in [-0.2, -0.15) is 0 Å². The van der Waals surface area contributed by atoms with Crippen molar-refractivity contribution >= 4 is 34.7 Å². The Morgan fingerprint density at radius 1 is 1.35 bits per heavy atom. The SMILES string of the molecule is Cc1nc(Cl)ccc1NC(=O)c1snnc1C(C)(C)C. The zero-order valence-corrected chi connectivity index (χ0v) is 13.3. The second-order valence-electron chi connectivity index (χ2n) is 5.42. The number of hydrogen-bond acceptors (Lipinski definition) is 5. The third kappa shape index (κ3) is 3.13. The van der Waals surface area contributed by atoms with Crippen molar-refractivity contribution in [2.45, 2.75) is 33.1 Å². The van der Waals surface area contributed by atoms with Crippen LogP contribution in [0.4, 0.5) is 5.69 Å². The van der Waals surface area contributed by atoms with Crippen molar-refractivity contribution in [2.75, 3.05) is 5.32 Å². The molecule has 0 aliphatic rings. The van der Waals surface area contributed by atoms with Gasteiger partial charge in [0.15, 0.2) is 0 Å². The van der Waals surface area contributed by atoms with E-state index in [1.54, 1.807) is 19.1 Å². The molecule has 2 aromatic rings. The average molecular weight is 311 g/mol. The van der Waals surface area contributed by atoms with Crippen molar-refractivity contribution in [1.82, 2.24) is 14.6 Å². The summed E-state index contributed by atoms with van der Waals surface area (Å²) in [5.74, 6) is -0.225. The summed E-state index contributed by atoms with van der Waals surface area (Å²) < 4.78 is 3.88. The molecule has 0 aromatic carbocycles. The molecule has 0 saturated heterocycles. The first kappa shape index (κ1) is 14.9. The predicted molar refractivity (Wildman–Crippen MR) is 80.5 cm³/mol. The van der Waals surface area contributed by atoms with Crippen LogP contribution in [-0.2, 0) is 5.41 Å². The number of amides is 1. The van der Waals surface area contributed by atoms with Crippen molar-refractivity contribution in [1.29, 1.82) is 0 Å². The number of rotatable bonds is 2. The molecule has 0 unspecified atom stereocenters. The summed E-state index contributed by atoms with van der Waals surface area (Å²) >= 11 is 6.89. The van der Waals surface area contributed by atoms with Crippen LogP contribution in [0.25, 0.3) is 0 Å². The lowest BCUT2D eigenvalue weighted by atomic mass is 9.91. The van der Waals surface area contributed by atoms with Gasteiger partial charge in [-0.1, -0.05) is 36.9 Å². The fourth-order valence-electron chi connectivity index (χ4n) is 1.67. The summed E-state index contributed by atoms with van der Waals surface area (Å²) in [5.41, 5.74) is 1.76. The quantitative estimate of drug-likeness (QED) is 0.863. The Balaban J connectivity index is 2.27. The van der Waals surface area contributed by atoms with Gasteiger partial charge in [0.1, 0.15) is 10.0 Å². The molecule has 1 amide bonds. The minimum Gasteiger partial charge on any atom is -0.320 e. The topological polar surface area (TPSA) is 67.8 Å². The Morgan fingerprint density at radius 2 is 2.05 bits per heavy atom. The van der Waals surface area contributed by atoms with E-state index in [9.17, 15) is 4.79 Å². The van der Waals surface area contributed by atoms with Crippen LogP contribution in [0.3, 0.4) is 0 Å². The van der Waals surface area contributed by atoms with Gasteiger partial charge in [0.2, 0.25) is 0 Å². The maximum absolute atomic E-state index is 12.3. The van der Waals surface area contributed by atoms with Crippen LogP contribution in [-0.4, -0.2) is 20.5 Å². The highest BCUT2D eigenvalue weighted by Crippen LogP contribution is 2.27. The summed E-state index contributed by atoms with van der Waals surface area (Å²) in [5, 5.41) is 7.28. The molecule has 106 valence electrons. The summed E-state index contributed by atoms with van der Waals surface area (Å²) in [6, 6.07) is 3.37. The predicted octanol–water partition coefficient (Wildman–Crippen LogP) is 3.44. The van der Waals surface area contributed by atoms with E-state index in [0.717, 1.165) is 11.5 Å². The molecule has 0 radical (unpaired) electrons. The molecule has 2 rings (SSSR count). The molecule has 5 nitrogen and oxygen atoms in total. The van der Waals surface area contributed by atoms with Crippen molar-refractivity contribution < 1.29 is 4.79 Å². The highest BCUT2D eigenvalue weighted by Gasteiger charge is 2.26. The molecule has 0 saturated carbocycles. The van der Waals surface area contributed by atoms with Gasteiger partial charge >= 0.3 is 0 Å². The van der Waals surface area contributed by atoms with Gasteiger partial charge in [-0.25, -0.2) is 4.98 Å². The van der Waals surface area contributed by atoms with E-state index >= 15 is 0 Å². The summed E-state index contributed by atoms with van der Waals surface area (Å²) in [7, 11) is 0. The number of hydrogen-bond donors (Lipinski definition) is 1. The van der Waals surface area contributed by atoms with E-state index in [0.29, 0.717) is 27.1 Å². The van der Waals surface area contributed by atoms with Gasteiger partial charge in [0, 0.05) is 5.41 Å². The van der Waals surface area contributed by atoms with Crippen LogP contribution in [0.15, 0.2) is 12.1 Å². The van der Waals surface area contributed by atoms with E-state index in [-0.39, 0.29) is 11.3 Å². The third-order valence-corrected chi connectivity index (χ3v) is 3.64. The van der Waals surface area contributed by atoms with Crippen molar-refractivity contribution in [3.63, 3.8) is 0 Å². The minimum absolute atomic E-state index is 0.225. The highest BCUT2D eigenvalue weighted by atomic mass is 35.5. The van der Waals surface area contributed by atoms with Gasteiger partial charge in [-0.05, 0) is 30.6 Å². The van der Waals surface area contributed by atoms with Crippen molar-refractivity contribution in [3.8, 4) is 0 Å². The van der Waals surface area contributed by atoms with Gasteiger partial charge < -0.3 is 5.32 Å². The number of nitrogens with one attached hydrogen (secondary N) is 1. The lowest BCUT2D eigenvalue weighted by Gasteiger charge is -2.16. The fraction of sp³-hybridized carbons (Fsp3) is 0.385. The average Bonchev–Trinajstić information content (AvgIpc) is 2.81. The lowest BCUT2D eigenvalue weighted by molar-refractivity contribution is 0.102. The standard InChI is InChI=1S/C13H15ClN4OS/c1-7-8(5-6-9(14)15-7)16-12(19)10-11(13(2,3)4)17-18-20-10/h5-6H,1-4H3,(H,16,19). The Labute approximate surface area is 126 Å². The van der Waals surface area contributed by atoms with Crippen LogP contribution in [0, 0.1) is 6.92 Å². The lowest BCUT2D eigenvalue weighted by Crippen LogP contribution is -2.20. The van der Waals surface area contributed by atoms with E-state index in [1.165, 1.54) is 0 Å². The molecular formula is C13H15ClN4OS. The third-order valence-electron chi connectivity index (χ3n) is 2.70. The molecule has 2 heterocycles. The summed E-state index contributed by atoms with van der Waals surface area (Å²) in [4.78, 5) is 17.0.